The average Bonchev–Trinajstić information content (AvgIpc) is 2.51. The molecule has 0 saturated carbocycles. The number of carbonyl (C=O) groups is 2. The minimum atomic E-state index is -0.755. The summed E-state index contributed by atoms with van der Waals surface area (Å²) in [6.45, 7) is 2.32. The van der Waals surface area contributed by atoms with Gasteiger partial charge in [0.25, 0.3) is 0 Å². The smallest absolute Gasteiger partial charge is 0.314 e. The number of amides is 2. The zero-order valence-corrected chi connectivity index (χ0v) is 13.5. The van der Waals surface area contributed by atoms with Gasteiger partial charge in [-0.05, 0) is 43.3 Å². The van der Waals surface area contributed by atoms with E-state index in [1.54, 1.807) is 48.5 Å². The molecule has 2 amide bonds. The van der Waals surface area contributed by atoms with Gasteiger partial charge < -0.3 is 15.4 Å². The van der Waals surface area contributed by atoms with Crippen LogP contribution in [-0.4, -0.2) is 18.4 Å². The molecule has 5 nitrogen and oxygen atoms in total. The van der Waals surface area contributed by atoms with Gasteiger partial charge in [-0.25, -0.2) is 0 Å². The van der Waals surface area contributed by atoms with E-state index in [9.17, 15) is 9.59 Å². The highest BCUT2D eigenvalue weighted by atomic mass is 79.9. The number of hydrogen-bond donors (Lipinski definition) is 2. The second-order valence-electron chi connectivity index (χ2n) is 4.34. The average molecular weight is 363 g/mol. The number of halogens is 1. The highest BCUT2D eigenvalue weighted by Gasteiger charge is 2.15. The van der Waals surface area contributed by atoms with Crippen molar-refractivity contribution in [2.75, 3.05) is 17.2 Å². The van der Waals surface area contributed by atoms with Crippen LogP contribution < -0.4 is 15.4 Å². The van der Waals surface area contributed by atoms with Gasteiger partial charge in [0.15, 0.2) is 0 Å². The third-order valence-corrected chi connectivity index (χ3v) is 3.27. The van der Waals surface area contributed by atoms with Gasteiger partial charge in [0.05, 0.1) is 12.3 Å². The Hall–Kier alpha value is -2.34. The van der Waals surface area contributed by atoms with Gasteiger partial charge in [-0.15, -0.1) is 0 Å². The lowest BCUT2D eigenvalue weighted by Crippen LogP contribution is -2.29. The molecule has 2 N–H and O–H groups in total. The number of hydrogen-bond acceptors (Lipinski definition) is 3. The third-order valence-electron chi connectivity index (χ3n) is 2.74. The SMILES string of the molecule is CCOc1ccccc1NC(=O)C(=O)Nc1ccc(Br)cc1. The monoisotopic (exact) mass is 362 g/mol. The van der Waals surface area contributed by atoms with Crippen molar-refractivity contribution < 1.29 is 14.3 Å². The Morgan fingerprint density at radius 1 is 1.00 bits per heavy atom. The van der Waals surface area contributed by atoms with Crippen LogP contribution in [0.25, 0.3) is 0 Å². The quantitative estimate of drug-likeness (QED) is 0.818. The number of benzene rings is 2. The van der Waals surface area contributed by atoms with Crippen LogP contribution in [0.5, 0.6) is 5.75 Å². The summed E-state index contributed by atoms with van der Waals surface area (Å²) in [5, 5.41) is 5.07. The number of ether oxygens (including phenoxy) is 1. The fourth-order valence-corrected chi connectivity index (χ4v) is 2.02. The highest BCUT2D eigenvalue weighted by molar-refractivity contribution is 9.10. The molecule has 0 fully saturated rings. The molecule has 0 aliphatic rings. The molecule has 22 heavy (non-hydrogen) atoms. The first-order valence-electron chi connectivity index (χ1n) is 6.70. The minimum absolute atomic E-state index is 0.459. The standard InChI is InChI=1S/C16H15BrN2O3/c1-2-22-14-6-4-3-5-13(14)19-16(21)15(20)18-12-9-7-11(17)8-10-12/h3-10H,2H2,1H3,(H,18,20)(H,19,21). The van der Waals surface area contributed by atoms with Crippen LogP contribution in [0, 0.1) is 0 Å². The molecule has 2 aromatic carbocycles. The van der Waals surface area contributed by atoms with Crippen LogP contribution in [0.2, 0.25) is 0 Å². The van der Waals surface area contributed by atoms with Crippen LogP contribution in [0.4, 0.5) is 11.4 Å². The lowest BCUT2D eigenvalue weighted by Gasteiger charge is -2.11. The van der Waals surface area contributed by atoms with Gasteiger partial charge in [-0.3, -0.25) is 9.59 Å². The Bertz CT molecular complexity index is 671. The first-order valence-corrected chi connectivity index (χ1v) is 7.49. The molecule has 2 aromatic rings. The Labute approximate surface area is 136 Å². The van der Waals surface area contributed by atoms with E-state index >= 15 is 0 Å². The summed E-state index contributed by atoms with van der Waals surface area (Å²) < 4.78 is 6.29. The predicted octanol–water partition coefficient (Wildman–Crippen LogP) is 3.43. The number of carbonyl (C=O) groups excluding carboxylic acids is 2. The van der Waals surface area contributed by atoms with Crippen LogP contribution in [0.1, 0.15) is 6.92 Å². The minimum Gasteiger partial charge on any atom is -0.492 e. The van der Waals surface area contributed by atoms with Crippen molar-refractivity contribution in [1.82, 2.24) is 0 Å². The van der Waals surface area contributed by atoms with Gasteiger partial charge in [0.2, 0.25) is 0 Å². The summed E-state index contributed by atoms with van der Waals surface area (Å²) in [6.07, 6.45) is 0. The van der Waals surface area contributed by atoms with Gasteiger partial charge in [-0.2, -0.15) is 0 Å². The maximum Gasteiger partial charge on any atom is 0.314 e. The molecule has 0 radical (unpaired) electrons. The van der Waals surface area contributed by atoms with E-state index in [2.05, 4.69) is 26.6 Å². The summed E-state index contributed by atoms with van der Waals surface area (Å²) >= 11 is 3.30. The largest absolute Gasteiger partial charge is 0.492 e. The molecular formula is C16H15BrN2O3. The molecule has 0 aliphatic heterocycles. The maximum atomic E-state index is 12.0. The molecule has 0 unspecified atom stereocenters. The highest BCUT2D eigenvalue weighted by Crippen LogP contribution is 2.23. The Morgan fingerprint density at radius 3 is 2.32 bits per heavy atom. The summed E-state index contributed by atoms with van der Waals surface area (Å²) in [5.41, 5.74) is 1.00. The molecule has 0 bridgehead atoms. The van der Waals surface area contributed by atoms with Crippen LogP contribution in [0.15, 0.2) is 53.0 Å². The lowest BCUT2D eigenvalue weighted by molar-refractivity contribution is -0.133. The van der Waals surface area contributed by atoms with Crippen molar-refractivity contribution in [1.29, 1.82) is 0 Å². The van der Waals surface area contributed by atoms with E-state index in [-0.39, 0.29) is 0 Å². The molecule has 0 aliphatic carbocycles. The van der Waals surface area contributed by atoms with E-state index in [1.807, 2.05) is 6.92 Å². The Balaban J connectivity index is 2.02. The van der Waals surface area contributed by atoms with Gasteiger partial charge in [-0.1, -0.05) is 28.1 Å². The van der Waals surface area contributed by atoms with Crippen LogP contribution in [0.3, 0.4) is 0 Å². The zero-order chi connectivity index (χ0) is 15.9. The molecule has 0 aromatic heterocycles. The Kier molecular flexibility index (Phi) is 5.55. The number of anilines is 2. The predicted molar refractivity (Wildman–Crippen MR) is 89.0 cm³/mol. The molecule has 0 heterocycles. The fraction of sp³-hybridized carbons (Fsp3) is 0.125. The van der Waals surface area contributed by atoms with Gasteiger partial charge >= 0.3 is 11.8 Å². The fourth-order valence-electron chi connectivity index (χ4n) is 1.75. The van der Waals surface area contributed by atoms with Crippen molar-refractivity contribution >= 4 is 39.1 Å². The van der Waals surface area contributed by atoms with Gasteiger partial charge in [0, 0.05) is 10.2 Å². The van der Waals surface area contributed by atoms with Crippen LogP contribution >= 0.6 is 15.9 Å². The van der Waals surface area contributed by atoms with Crippen molar-refractivity contribution in [3.05, 3.63) is 53.0 Å². The van der Waals surface area contributed by atoms with Crippen molar-refractivity contribution in [3.8, 4) is 5.75 Å². The number of rotatable bonds is 4. The third kappa shape index (κ3) is 4.33. The second-order valence-corrected chi connectivity index (χ2v) is 5.26. The van der Waals surface area contributed by atoms with Crippen molar-refractivity contribution in [2.24, 2.45) is 0 Å². The number of para-hydroxylation sites is 2. The molecular weight excluding hydrogens is 348 g/mol. The van der Waals surface area contributed by atoms with Gasteiger partial charge in [0.1, 0.15) is 5.75 Å². The summed E-state index contributed by atoms with van der Waals surface area (Å²) in [7, 11) is 0. The van der Waals surface area contributed by atoms with E-state index < -0.39 is 11.8 Å². The van der Waals surface area contributed by atoms with Crippen molar-refractivity contribution in [2.45, 2.75) is 6.92 Å². The molecule has 0 atom stereocenters. The summed E-state index contributed by atoms with van der Waals surface area (Å²) in [5.74, 6) is -0.974. The normalized spacial score (nSPS) is 9.91. The molecule has 2 rings (SSSR count). The van der Waals surface area contributed by atoms with E-state index in [1.165, 1.54) is 0 Å². The van der Waals surface area contributed by atoms with Crippen molar-refractivity contribution in [3.63, 3.8) is 0 Å². The van der Waals surface area contributed by atoms with E-state index in [0.717, 1.165) is 4.47 Å². The summed E-state index contributed by atoms with van der Waals surface area (Å²) in [4.78, 5) is 23.8. The molecule has 114 valence electrons. The van der Waals surface area contributed by atoms with E-state index in [0.29, 0.717) is 23.7 Å². The summed E-state index contributed by atoms with van der Waals surface area (Å²) in [6, 6.07) is 13.9. The molecule has 0 spiro atoms. The van der Waals surface area contributed by atoms with E-state index in [4.69, 9.17) is 4.74 Å². The topological polar surface area (TPSA) is 67.4 Å². The second kappa shape index (κ2) is 7.61. The Morgan fingerprint density at radius 2 is 1.64 bits per heavy atom. The zero-order valence-electron chi connectivity index (χ0n) is 11.9. The number of nitrogens with one attached hydrogen (secondary N) is 2. The maximum absolute atomic E-state index is 12.0. The molecule has 0 saturated heterocycles. The first kappa shape index (κ1) is 16.0. The lowest BCUT2D eigenvalue weighted by atomic mass is 10.3. The first-order chi connectivity index (χ1) is 10.6. The van der Waals surface area contributed by atoms with Crippen LogP contribution in [-0.2, 0) is 9.59 Å². The molecule has 6 heteroatoms.